The van der Waals surface area contributed by atoms with E-state index in [4.69, 9.17) is 4.74 Å². The molecule has 0 heterocycles. The van der Waals surface area contributed by atoms with Gasteiger partial charge in [0.1, 0.15) is 22.9 Å². The van der Waals surface area contributed by atoms with E-state index in [2.05, 4.69) is 0 Å². The fourth-order valence-electron chi connectivity index (χ4n) is 1.49. The van der Waals surface area contributed by atoms with Crippen LogP contribution in [0, 0.1) is 21.7 Å². The van der Waals surface area contributed by atoms with Gasteiger partial charge in [-0.2, -0.15) is 0 Å². The smallest absolute Gasteiger partial charge is 0.349 e. The minimum Gasteiger partial charge on any atom is -0.423 e. The second-order valence-electron chi connectivity index (χ2n) is 3.74. The monoisotopic (exact) mass is 279 g/mol. The van der Waals surface area contributed by atoms with Crippen LogP contribution < -0.4 is 4.74 Å². The van der Waals surface area contributed by atoms with Crippen LogP contribution in [-0.2, 0) is 0 Å². The highest BCUT2D eigenvalue weighted by molar-refractivity contribution is 5.91. The van der Waals surface area contributed by atoms with E-state index < -0.39 is 28.1 Å². The van der Waals surface area contributed by atoms with Gasteiger partial charge < -0.3 is 4.74 Å². The van der Waals surface area contributed by atoms with Crippen LogP contribution in [-0.4, -0.2) is 10.9 Å². The van der Waals surface area contributed by atoms with Crippen molar-refractivity contribution in [3.63, 3.8) is 0 Å². The molecule has 2 aromatic rings. The maximum atomic E-state index is 13.3. The normalized spacial score (nSPS) is 10.1. The molecule has 5 nitrogen and oxygen atoms in total. The summed E-state index contributed by atoms with van der Waals surface area (Å²) in [6.07, 6.45) is 0. The van der Waals surface area contributed by atoms with Gasteiger partial charge in [0.25, 0.3) is 5.69 Å². The van der Waals surface area contributed by atoms with Crippen molar-refractivity contribution in [2.75, 3.05) is 0 Å². The van der Waals surface area contributed by atoms with Gasteiger partial charge in [0.2, 0.25) is 0 Å². The molecular formula is C13H7F2NO4. The van der Waals surface area contributed by atoms with Gasteiger partial charge in [-0.1, -0.05) is 6.07 Å². The molecule has 0 saturated heterocycles. The number of nitrogens with zero attached hydrogens (tertiary/aromatic N) is 1. The van der Waals surface area contributed by atoms with Gasteiger partial charge >= 0.3 is 5.97 Å². The minimum absolute atomic E-state index is 0.0525. The van der Waals surface area contributed by atoms with Crippen molar-refractivity contribution in [1.29, 1.82) is 0 Å². The first-order valence-electron chi connectivity index (χ1n) is 5.39. The molecule has 0 aliphatic carbocycles. The maximum absolute atomic E-state index is 13.3. The molecule has 0 aliphatic rings. The van der Waals surface area contributed by atoms with Gasteiger partial charge in [-0.3, -0.25) is 10.1 Å². The van der Waals surface area contributed by atoms with E-state index in [0.717, 1.165) is 42.5 Å². The van der Waals surface area contributed by atoms with E-state index >= 15 is 0 Å². The Hall–Kier alpha value is -2.83. The summed E-state index contributed by atoms with van der Waals surface area (Å²) in [4.78, 5) is 21.5. The zero-order valence-electron chi connectivity index (χ0n) is 9.88. The first-order chi connectivity index (χ1) is 9.49. The molecule has 0 atom stereocenters. The Morgan fingerprint density at radius 2 is 1.60 bits per heavy atom. The number of carbonyl (C=O) groups excluding carboxylic acids is 1. The van der Waals surface area contributed by atoms with E-state index in [0.29, 0.717) is 0 Å². The van der Waals surface area contributed by atoms with Crippen LogP contribution in [0.4, 0.5) is 14.5 Å². The number of hydrogen-bond donors (Lipinski definition) is 0. The van der Waals surface area contributed by atoms with Crippen molar-refractivity contribution in [3.05, 3.63) is 69.8 Å². The molecular weight excluding hydrogens is 272 g/mol. The quantitative estimate of drug-likeness (QED) is 0.374. The van der Waals surface area contributed by atoms with Crippen LogP contribution in [0.2, 0.25) is 0 Å². The summed E-state index contributed by atoms with van der Waals surface area (Å²) < 4.78 is 31.4. The third-order valence-corrected chi connectivity index (χ3v) is 2.42. The lowest BCUT2D eigenvalue weighted by Gasteiger charge is -2.05. The van der Waals surface area contributed by atoms with Gasteiger partial charge in [-0.05, 0) is 24.3 Å². The lowest BCUT2D eigenvalue weighted by atomic mass is 10.2. The summed E-state index contributed by atoms with van der Waals surface area (Å²) in [5, 5.41) is 10.4. The molecule has 2 rings (SSSR count). The summed E-state index contributed by atoms with van der Waals surface area (Å²) in [5.74, 6) is -3.36. The van der Waals surface area contributed by atoms with Gasteiger partial charge in [0, 0.05) is 12.1 Å². The first-order valence-corrected chi connectivity index (χ1v) is 5.39. The summed E-state index contributed by atoms with van der Waals surface area (Å²) in [6.45, 7) is 0. The molecule has 0 aliphatic heterocycles. The van der Waals surface area contributed by atoms with Crippen LogP contribution in [0.25, 0.3) is 0 Å². The number of hydrogen-bond acceptors (Lipinski definition) is 4. The van der Waals surface area contributed by atoms with Crippen LogP contribution in [0.3, 0.4) is 0 Å². The van der Waals surface area contributed by atoms with Crippen LogP contribution in [0.5, 0.6) is 5.75 Å². The second-order valence-corrected chi connectivity index (χ2v) is 3.74. The van der Waals surface area contributed by atoms with E-state index in [1.165, 1.54) is 0 Å². The average molecular weight is 279 g/mol. The molecule has 2 aromatic carbocycles. The second kappa shape index (κ2) is 5.43. The van der Waals surface area contributed by atoms with Crippen molar-refractivity contribution in [3.8, 4) is 5.75 Å². The zero-order chi connectivity index (χ0) is 14.7. The molecule has 7 heteroatoms. The molecule has 0 saturated carbocycles. The highest BCUT2D eigenvalue weighted by atomic mass is 19.1. The summed E-state index contributed by atoms with van der Waals surface area (Å²) >= 11 is 0. The average Bonchev–Trinajstić information content (AvgIpc) is 2.39. The minimum atomic E-state index is -1.21. The molecule has 0 spiro atoms. The standard InChI is InChI=1S/C13H7F2NO4/c14-10-2-1-3-11(15)12(10)13(17)20-9-6-4-8(5-7-9)16(18)19/h1-7H. The molecule has 0 fully saturated rings. The Kier molecular flexibility index (Phi) is 3.69. The van der Waals surface area contributed by atoms with Crippen molar-refractivity contribution in [2.45, 2.75) is 0 Å². The lowest BCUT2D eigenvalue weighted by molar-refractivity contribution is -0.384. The summed E-state index contributed by atoms with van der Waals surface area (Å²) in [5.41, 5.74) is -1.01. The third-order valence-electron chi connectivity index (χ3n) is 2.42. The molecule has 0 amide bonds. The molecule has 0 radical (unpaired) electrons. The maximum Gasteiger partial charge on any atom is 0.349 e. The molecule has 0 N–H and O–H groups in total. The number of benzene rings is 2. The van der Waals surface area contributed by atoms with Gasteiger partial charge in [-0.15, -0.1) is 0 Å². The highest BCUT2D eigenvalue weighted by Gasteiger charge is 2.19. The van der Waals surface area contributed by atoms with Crippen LogP contribution >= 0.6 is 0 Å². The van der Waals surface area contributed by atoms with E-state index in [9.17, 15) is 23.7 Å². The number of nitro benzene ring substituents is 1. The van der Waals surface area contributed by atoms with Gasteiger partial charge in [-0.25, -0.2) is 13.6 Å². The summed E-state index contributed by atoms with van der Waals surface area (Å²) in [6, 6.07) is 7.52. The number of rotatable bonds is 3. The summed E-state index contributed by atoms with van der Waals surface area (Å²) in [7, 11) is 0. The number of ether oxygens (including phenoxy) is 1. The number of halogens is 2. The molecule has 0 unspecified atom stereocenters. The van der Waals surface area contributed by atoms with E-state index in [1.807, 2.05) is 0 Å². The van der Waals surface area contributed by atoms with Crippen molar-refractivity contribution in [2.24, 2.45) is 0 Å². The molecule has 20 heavy (non-hydrogen) atoms. The predicted molar refractivity (Wildman–Crippen MR) is 64.4 cm³/mol. The zero-order valence-corrected chi connectivity index (χ0v) is 9.88. The third kappa shape index (κ3) is 2.77. The fraction of sp³-hybridized carbons (Fsp3) is 0. The molecule has 0 aromatic heterocycles. The molecule has 102 valence electrons. The van der Waals surface area contributed by atoms with Crippen LogP contribution in [0.15, 0.2) is 42.5 Å². The predicted octanol–water partition coefficient (Wildman–Crippen LogP) is 3.09. The van der Waals surface area contributed by atoms with E-state index in [1.54, 1.807) is 0 Å². The number of carbonyl (C=O) groups is 1. The highest BCUT2D eigenvalue weighted by Crippen LogP contribution is 2.20. The van der Waals surface area contributed by atoms with Gasteiger partial charge in [0.15, 0.2) is 0 Å². The van der Waals surface area contributed by atoms with Crippen molar-refractivity contribution >= 4 is 11.7 Å². The largest absolute Gasteiger partial charge is 0.423 e. The Labute approximate surface area is 111 Å². The van der Waals surface area contributed by atoms with Crippen molar-refractivity contribution < 1.29 is 23.2 Å². The Bertz CT molecular complexity index is 650. The molecule has 0 bridgehead atoms. The van der Waals surface area contributed by atoms with Crippen molar-refractivity contribution in [1.82, 2.24) is 0 Å². The SMILES string of the molecule is O=C(Oc1ccc([N+](=O)[O-])cc1)c1c(F)cccc1F. The lowest BCUT2D eigenvalue weighted by Crippen LogP contribution is -2.13. The number of nitro groups is 1. The Morgan fingerprint density at radius 1 is 1.05 bits per heavy atom. The Balaban J connectivity index is 2.21. The Morgan fingerprint density at radius 3 is 2.10 bits per heavy atom. The first kappa shape index (κ1) is 13.6. The van der Waals surface area contributed by atoms with Gasteiger partial charge in [0.05, 0.1) is 4.92 Å². The fourth-order valence-corrected chi connectivity index (χ4v) is 1.49. The van der Waals surface area contributed by atoms with E-state index in [-0.39, 0.29) is 11.4 Å². The number of non-ortho nitro benzene ring substituents is 1. The van der Waals surface area contributed by atoms with Crippen LogP contribution in [0.1, 0.15) is 10.4 Å². The topological polar surface area (TPSA) is 69.4 Å². The number of esters is 1.